The van der Waals surface area contributed by atoms with E-state index in [4.69, 9.17) is 9.88 Å². The quantitative estimate of drug-likeness (QED) is 0.694. The molecule has 13 heavy (non-hydrogen) atoms. The fourth-order valence-corrected chi connectivity index (χ4v) is 1.79. The number of hydrogen-bond acceptors (Lipinski definition) is 3. The smallest absolute Gasteiger partial charge is 0.238 e. The Labute approximate surface area is 76.4 Å². The summed E-state index contributed by atoms with van der Waals surface area (Å²) >= 11 is 0. The average molecular weight is 198 g/mol. The molecule has 69 valence electrons. The SMILES string of the molecule is NS(=O)(=O)c1c[c]c2c(c1)CCO2. The van der Waals surface area contributed by atoms with E-state index >= 15 is 0 Å². The van der Waals surface area contributed by atoms with Gasteiger partial charge in [0, 0.05) is 12.5 Å². The summed E-state index contributed by atoms with van der Waals surface area (Å²) < 4.78 is 27.1. The Morgan fingerprint density at radius 2 is 2.31 bits per heavy atom. The molecular formula is C8H8NO3S. The number of fused-ring (bicyclic) bond motifs is 1. The molecule has 0 amide bonds. The summed E-state index contributed by atoms with van der Waals surface area (Å²) in [6.45, 7) is 0.583. The number of rotatable bonds is 1. The Bertz CT molecular complexity index is 439. The molecule has 2 N–H and O–H groups in total. The highest BCUT2D eigenvalue weighted by Crippen LogP contribution is 2.26. The topological polar surface area (TPSA) is 69.4 Å². The lowest BCUT2D eigenvalue weighted by Gasteiger charge is -2.00. The van der Waals surface area contributed by atoms with Gasteiger partial charge in [-0.15, -0.1) is 0 Å². The van der Waals surface area contributed by atoms with Gasteiger partial charge in [-0.25, -0.2) is 13.6 Å². The van der Waals surface area contributed by atoms with Gasteiger partial charge < -0.3 is 4.74 Å². The standard InChI is InChI=1S/C8H8NO3S/c9-13(10,11)7-1-2-8-6(5-7)3-4-12-8/h1,5H,3-4H2,(H2,9,10,11). The third kappa shape index (κ3) is 1.52. The molecule has 1 aliphatic rings. The van der Waals surface area contributed by atoms with Crippen LogP contribution in [0.2, 0.25) is 0 Å². The van der Waals surface area contributed by atoms with Gasteiger partial charge in [0.05, 0.1) is 11.5 Å². The van der Waals surface area contributed by atoms with Crippen LogP contribution in [0.5, 0.6) is 5.75 Å². The molecule has 1 aromatic rings. The molecule has 0 aliphatic carbocycles. The molecule has 2 rings (SSSR count). The second kappa shape index (κ2) is 2.71. The molecule has 0 saturated heterocycles. The van der Waals surface area contributed by atoms with Gasteiger partial charge in [-0.05, 0) is 17.7 Å². The minimum absolute atomic E-state index is 0.0942. The number of nitrogens with two attached hydrogens (primary N) is 1. The lowest BCUT2D eigenvalue weighted by molar-refractivity contribution is 0.356. The Morgan fingerprint density at radius 3 is 3.00 bits per heavy atom. The van der Waals surface area contributed by atoms with Crippen molar-refractivity contribution in [3.8, 4) is 5.75 Å². The van der Waals surface area contributed by atoms with Crippen molar-refractivity contribution in [2.24, 2.45) is 5.14 Å². The van der Waals surface area contributed by atoms with Crippen molar-refractivity contribution >= 4 is 10.0 Å². The van der Waals surface area contributed by atoms with Crippen LogP contribution in [0.4, 0.5) is 0 Å². The zero-order valence-corrected chi connectivity index (χ0v) is 7.60. The molecule has 1 heterocycles. The summed E-state index contributed by atoms with van der Waals surface area (Å²) in [7, 11) is -3.61. The second-order valence-electron chi connectivity index (χ2n) is 2.83. The minimum atomic E-state index is -3.61. The van der Waals surface area contributed by atoms with E-state index in [1.165, 1.54) is 12.1 Å². The van der Waals surface area contributed by atoms with E-state index in [-0.39, 0.29) is 4.90 Å². The molecule has 1 aromatic carbocycles. The minimum Gasteiger partial charge on any atom is -0.492 e. The first-order valence-electron chi connectivity index (χ1n) is 3.77. The van der Waals surface area contributed by atoms with Gasteiger partial charge in [0.15, 0.2) is 0 Å². The van der Waals surface area contributed by atoms with Gasteiger partial charge in [0.2, 0.25) is 10.0 Å². The average Bonchev–Trinajstić information content (AvgIpc) is 2.47. The van der Waals surface area contributed by atoms with E-state index in [0.717, 1.165) is 12.0 Å². The molecule has 0 spiro atoms. The van der Waals surface area contributed by atoms with Gasteiger partial charge in [-0.3, -0.25) is 0 Å². The predicted molar refractivity (Wildman–Crippen MR) is 45.9 cm³/mol. The molecular weight excluding hydrogens is 190 g/mol. The largest absolute Gasteiger partial charge is 0.492 e. The van der Waals surface area contributed by atoms with Gasteiger partial charge in [-0.1, -0.05) is 0 Å². The molecule has 0 fully saturated rings. The maximum absolute atomic E-state index is 10.9. The molecule has 0 saturated carbocycles. The van der Waals surface area contributed by atoms with Crippen LogP contribution in [0.15, 0.2) is 17.0 Å². The third-order valence-electron chi connectivity index (χ3n) is 1.90. The van der Waals surface area contributed by atoms with Gasteiger partial charge in [0.25, 0.3) is 0 Å². The van der Waals surface area contributed by atoms with Gasteiger partial charge in [0.1, 0.15) is 5.75 Å². The number of primary sulfonamides is 1. The molecule has 0 unspecified atom stereocenters. The van der Waals surface area contributed by atoms with Crippen LogP contribution in [-0.2, 0) is 16.4 Å². The normalized spacial score (nSPS) is 15.2. The Kier molecular flexibility index (Phi) is 1.78. The zero-order chi connectivity index (χ0) is 9.47. The summed E-state index contributed by atoms with van der Waals surface area (Å²) in [5.74, 6) is 0.632. The van der Waals surface area contributed by atoms with Crippen molar-refractivity contribution in [2.75, 3.05) is 6.61 Å². The van der Waals surface area contributed by atoms with Gasteiger partial charge in [-0.2, -0.15) is 0 Å². The molecule has 5 heteroatoms. The van der Waals surface area contributed by atoms with Crippen LogP contribution in [0.25, 0.3) is 0 Å². The third-order valence-corrected chi connectivity index (χ3v) is 2.79. The molecule has 0 aromatic heterocycles. The fraction of sp³-hybridized carbons (Fsp3) is 0.250. The maximum Gasteiger partial charge on any atom is 0.238 e. The zero-order valence-electron chi connectivity index (χ0n) is 6.78. The van der Waals surface area contributed by atoms with Crippen LogP contribution in [0.3, 0.4) is 0 Å². The van der Waals surface area contributed by atoms with Crippen molar-refractivity contribution < 1.29 is 13.2 Å². The van der Waals surface area contributed by atoms with Crippen LogP contribution in [-0.4, -0.2) is 15.0 Å². The van der Waals surface area contributed by atoms with Crippen molar-refractivity contribution in [2.45, 2.75) is 11.3 Å². The number of ether oxygens (including phenoxy) is 1. The fourth-order valence-electron chi connectivity index (χ4n) is 1.26. The van der Waals surface area contributed by atoms with Crippen molar-refractivity contribution in [1.29, 1.82) is 0 Å². The van der Waals surface area contributed by atoms with E-state index in [1.54, 1.807) is 0 Å². The monoisotopic (exact) mass is 198 g/mol. The lowest BCUT2D eigenvalue weighted by Crippen LogP contribution is -2.12. The van der Waals surface area contributed by atoms with Crippen LogP contribution < -0.4 is 9.88 Å². The van der Waals surface area contributed by atoms with E-state index in [2.05, 4.69) is 6.07 Å². The molecule has 4 nitrogen and oxygen atoms in total. The number of sulfonamides is 1. The number of benzene rings is 1. The first-order valence-corrected chi connectivity index (χ1v) is 5.32. The van der Waals surface area contributed by atoms with E-state index in [0.29, 0.717) is 12.4 Å². The van der Waals surface area contributed by atoms with Crippen LogP contribution in [0.1, 0.15) is 5.56 Å². The Hall–Kier alpha value is -1.07. The predicted octanol–water partition coefficient (Wildman–Crippen LogP) is 0.0691. The van der Waals surface area contributed by atoms with E-state index < -0.39 is 10.0 Å². The first-order chi connectivity index (χ1) is 6.07. The maximum atomic E-state index is 10.9. The Morgan fingerprint density at radius 1 is 1.54 bits per heavy atom. The van der Waals surface area contributed by atoms with E-state index in [1.807, 2.05) is 0 Å². The first kappa shape index (κ1) is 8.52. The molecule has 0 bridgehead atoms. The summed E-state index contributed by atoms with van der Waals surface area (Å²) in [6.07, 6.45) is 0.717. The summed E-state index contributed by atoms with van der Waals surface area (Å²) in [4.78, 5) is 0.0942. The molecule has 1 aliphatic heterocycles. The summed E-state index contributed by atoms with van der Waals surface area (Å²) in [6, 6.07) is 5.61. The van der Waals surface area contributed by atoms with Crippen LogP contribution in [0, 0.1) is 6.07 Å². The second-order valence-corrected chi connectivity index (χ2v) is 4.39. The highest BCUT2D eigenvalue weighted by molar-refractivity contribution is 7.89. The number of hydrogen-bond donors (Lipinski definition) is 1. The van der Waals surface area contributed by atoms with E-state index in [9.17, 15) is 8.42 Å². The van der Waals surface area contributed by atoms with Crippen LogP contribution >= 0.6 is 0 Å². The Balaban J connectivity index is 2.54. The molecule has 1 radical (unpaired) electrons. The van der Waals surface area contributed by atoms with Gasteiger partial charge >= 0.3 is 0 Å². The summed E-state index contributed by atoms with van der Waals surface area (Å²) in [5.41, 5.74) is 0.853. The highest BCUT2D eigenvalue weighted by atomic mass is 32.2. The highest BCUT2D eigenvalue weighted by Gasteiger charge is 2.16. The molecule has 0 atom stereocenters. The lowest BCUT2D eigenvalue weighted by atomic mass is 10.2. The van der Waals surface area contributed by atoms with Crippen molar-refractivity contribution in [3.63, 3.8) is 0 Å². The van der Waals surface area contributed by atoms with Crippen molar-refractivity contribution in [1.82, 2.24) is 0 Å². The summed E-state index contributed by atoms with van der Waals surface area (Å²) in [5, 5.41) is 4.96. The van der Waals surface area contributed by atoms with Crippen molar-refractivity contribution in [3.05, 3.63) is 23.8 Å².